The van der Waals surface area contributed by atoms with Crippen molar-refractivity contribution in [2.45, 2.75) is 58.9 Å². The van der Waals surface area contributed by atoms with Crippen molar-refractivity contribution < 1.29 is 13.9 Å². The molecule has 0 heterocycles. The van der Waals surface area contributed by atoms with Crippen LogP contribution in [0.1, 0.15) is 74.8 Å². The first-order chi connectivity index (χ1) is 14.1. The molecule has 0 radical (unpaired) electrons. The number of Topliss-reactive ketones (excluding diaryl/α,β-unsaturated/α-hetero) is 1. The summed E-state index contributed by atoms with van der Waals surface area (Å²) in [6.45, 7) is 7.34. The Bertz CT molecular complexity index is 742. The minimum absolute atomic E-state index is 0.110. The van der Waals surface area contributed by atoms with Crippen molar-refractivity contribution in [2.75, 3.05) is 13.2 Å². The van der Waals surface area contributed by atoms with E-state index in [4.69, 9.17) is 4.74 Å². The third-order valence-electron chi connectivity index (χ3n) is 5.23. The lowest BCUT2D eigenvalue weighted by Gasteiger charge is -2.17. The maximum absolute atomic E-state index is 14.8. The SMILES string of the molecule is CCCC(CCC)COc1cccc(C(=O)CCN[C@@H](C)c2ccccc2)c1F. The van der Waals surface area contributed by atoms with Crippen molar-refractivity contribution in [3.05, 3.63) is 65.5 Å². The van der Waals surface area contributed by atoms with E-state index < -0.39 is 5.82 Å². The molecule has 2 aromatic rings. The van der Waals surface area contributed by atoms with Gasteiger partial charge >= 0.3 is 0 Å². The maximum Gasteiger partial charge on any atom is 0.175 e. The summed E-state index contributed by atoms with van der Waals surface area (Å²) in [5, 5.41) is 3.33. The summed E-state index contributed by atoms with van der Waals surface area (Å²) in [4.78, 5) is 12.5. The highest BCUT2D eigenvalue weighted by molar-refractivity contribution is 5.96. The van der Waals surface area contributed by atoms with Crippen LogP contribution in [0.25, 0.3) is 0 Å². The number of ketones is 1. The van der Waals surface area contributed by atoms with Gasteiger partial charge in [-0.2, -0.15) is 0 Å². The molecule has 0 aliphatic carbocycles. The smallest absolute Gasteiger partial charge is 0.175 e. The Labute approximate surface area is 174 Å². The molecule has 0 fully saturated rings. The maximum atomic E-state index is 14.8. The summed E-state index contributed by atoms with van der Waals surface area (Å²) in [5.74, 6) is -0.147. The zero-order chi connectivity index (χ0) is 21.1. The molecular formula is C25H34FNO2. The van der Waals surface area contributed by atoms with Crippen LogP contribution >= 0.6 is 0 Å². The second-order valence-corrected chi connectivity index (χ2v) is 7.63. The number of rotatable bonds is 13. The molecule has 158 valence electrons. The topological polar surface area (TPSA) is 38.3 Å². The van der Waals surface area contributed by atoms with Crippen molar-refractivity contribution in [3.63, 3.8) is 0 Å². The van der Waals surface area contributed by atoms with Gasteiger partial charge in [0.1, 0.15) is 0 Å². The Balaban J connectivity index is 1.91. The van der Waals surface area contributed by atoms with Crippen LogP contribution in [0.5, 0.6) is 5.75 Å². The fourth-order valence-corrected chi connectivity index (χ4v) is 3.57. The average Bonchev–Trinajstić information content (AvgIpc) is 2.73. The number of ether oxygens (including phenoxy) is 1. The van der Waals surface area contributed by atoms with E-state index in [0.717, 1.165) is 31.2 Å². The van der Waals surface area contributed by atoms with Crippen molar-refractivity contribution in [3.8, 4) is 5.75 Å². The molecule has 0 saturated carbocycles. The van der Waals surface area contributed by atoms with Gasteiger partial charge in [-0.25, -0.2) is 4.39 Å². The second-order valence-electron chi connectivity index (χ2n) is 7.63. The van der Waals surface area contributed by atoms with Crippen LogP contribution < -0.4 is 10.1 Å². The lowest BCUT2D eigenvalue weighted by molar-refractivity contribution is 0.0976. The predicted octanol–water partition coefficient (Wildman–Crippen LogP) is 6.34. The molecule has 0 amide bonds. The van der Waals surface area contributed by atoms with Crippen LogP contribution in [-0.4, -0.2) is 18.9 Å². The Kier molecular flexibility index (Phi) is 9.85. The predicted molar refractivity (Wildman–Crippen MR) is 117 cm³/mol. The molecule has 0 unspecified atom stereocenters. The number of hydrogen-bond donors (Lipinski definition) is 1. The summed E-state index contributed by atoms with van der Waals surface area (Å²) in [6, 6.07) is 15.0. The molecule has 29 heavy (non-hydrogen) atoms. The van der Waals surface area contributed by atoms with Gasteiger partial charge in [0.25, 0.3) is 0 Å². The van der Waals surface area contributed by atoms with Gasteiger partial charge in [0.15, 0.2) is 17.3 Å². The molecule has 0 saturated heterocycles. The monoisotopic (exact) mass is 399 g/mol. The van der Waals surface area contributed by atoms with E-state index in [9.17, 15) is 9.18 Å². The largest absolute Gasteiger partial charge is 0.490 e. The quantitative estimate of drug-likeness (QED) is 0.399. The van der Waals surface area contributed by atoms with Crippen molar-refractivity contribution in [1.29, 1.82) is 0 Å². The minimum atomic E-state index is -0.541. The number of benzene rings is 2. The zero-order valence-corrected chi connectivity index (χ0v) is 17.9. The molecule has 1 N–H and O–H groups in total. The van der Waals surface area contributed by atoms with E-state index in [0.29, 0.717) is 19.1 Å². The number of carbonyl (C=O) groups is 1. The van der Waals surface area contributed by atoms with Gasteiger partial charge in [0.2, 0.25) is 0 Å². The molecule has 2 aromatic carbocycles. The fourth-order valence-electron chi connectivity index (χ4n) is 3.57. The molecule has 0 aromatic heterocycles. The van der Waals surface area contributed by atoms with Gasteiger partial charge in [-0.3, -0.25) is 4.79 Å². The van der Waals surface area contributed by atoms with Gasteiger partial charge in [-0.05, 0) is 43.4 Å². The molecule has 0 spiro atoms. The first-order valence-electron chi connectivity index (χ1n) is 10.8. The third kappa shape index (κ3) is 7.28. The van der Waals surface area contributed by atoms with Crippen LogP contribution in [0.4, 0.5) is 4.39 Å². The van der Waals surface area contributed by atoms with E-state index >= 15 is 0 Å². The van der Waals surface area contributed by atoms with Crippen LogP contribution in [-0.2, 0) is 0 Å². The number of halogens is 1. The standard InChI is InChI=1S/C25H34FNO2/c1-4-10-20(11-5-2)18-29-24-15-9-14-22(25(24)26)23(28)16-17-27-19(3)21-12-7-6-8-13-21/h6-9,12-15,19-20,27H,4-5,10-11,16-18H2,1-3H3/t19-/m0/s1. The van der Waals surface area contributed by atoms with Crippen molar-refractivity contribution in [2.24, 2.45) is 5.92 Å². The second kappa shape index (κ2) is 12.4. The first-order valence-corrected chi connectivity index (χ1v) is 10.8. The summed E-state index contributed by atoms with van der Waals surface area (Å²) in [7, 11) is 0. The summed E-state index contributed by atoms with van der Waals surface area (Å²) < 4.78 is 20.6. The van der Waals surface area contributed by atoms with Gasteiger partial charge in [-0.1, -0.05) is 63.1 Å². The molecule has 0 aliphatic rings. The summed E-state index contributed by atoms with van der Waals surface area (Å²) in [6.07, 6.45) is 4.55. The number of nitrogens with one attached hydrogen (secondary N) is 1. The van der Waals surface area contributed by atoms with E-state index in [1.165, 1.54) is 0 Å². The molecule has 0 bridgehead atoms. The van der Waals surface area contributed by atoms with Crippen molar-refractivity contribution in [1.82, 2.24) is 5.32 Å². The van der Waals surface area contributed by atoms with Gasteiger partial charge in [-0.15, -0.1) is 0 Å². The first kappa shape index (κ1) is 23.1. The highest BCUT2D eigenvalue weighted by atomic mass is 19.1. The molecule has 0 aliphatic heterocycles. The highest BCUT2D eigenvalue weighted by Gasteiger charge is 2.17. The van der Waals surface area contributed by atoms with Crippen molar-refractivity contribution >= 4 is 5.78 Å². The number of hydrogen-bond acceptors (Lipinski definition) is 3. The van der Waals surface area contributed by atoms with Crippen LogP contribution in [0, 0.1) is 11.7 Å². The summed E-state index contributed by atoms with van der Waals surface area (Å²) >= 11 is 0. The van der Waals surface area contributed by atoms with E-state index in [-0.39, 0.29) is 29.6 Å². The Morgan fingerprint density at radius 3 is 2.38 bits per heavy atom. The van der Waals surface area contributed by atoms with E-state index in [1.54, 1.807) is 18.2 Å². The average molecular weight is 400 g/mol. The van der Waals surface area contributed by atoms with Gasteiger partial charge in [0, 0.05) is 19.0 Å². The van der Waals surface area contributed by atoms with Crippen LogP contribution in [0.3, 0.4) is 0 Å². The normalized spacial score (nSPS) is 12.2. The van der Waals surface area contributed by atoms with E-state index in [1.807, 2.05) is 30.3 Å². The molecular weight excluding hydrogens is 365 g/mol. The third-order valence-corrected chi connectivity index (χ3v) is 5.23. The molecule has 2 rings (SSSR count). The lowest BCUT2D eigenvalue weighted by atomic mass is 9.99. The highest BCUT2D eigenvalue weighted by Crippen LogP contribution is 2.24. The Morgan fingerprint density at radius 2 is 1.72 bits per heavy atom. The summed E-state index contributed by atoms with van der Waals surface area (Å²) in [5.41, 5.74) is 1.27. The molecule has 1 atom stereocenters. The Hall–Kier alpha value is -2.20. The molecule has 3 nitrogen and oxygen atoms in total. The zero-order valence-electron chi connectivity index (χ0n) is 17.9. The van der Waals surface area contributed by atoms with Gasteiger partial charge in [0.05, 0.1) is 12.2 Å². The fraction of sp³-hybridized carbons (Fsp3) is 0.480. The van der Waals surface area contributed by atoms with E-state index in [2.05, 4.69) is 26.1 Å². The van der Waals surface area contributed by atoms with Crippen LogP contribution in [0.2, 0.25) is 0 Å². The van der Waals surface area contributed by atoms with Gasteiger partial charge < -0.3 is 10.1 Å². The lowest BCUT2D eigenvalue weighted by Crippen LogP contribution is -2.22. The minimum Gasteiger partial charge on any atom is -0.490 e. The molecule has 4 heteroatoms. The Morgan fingerprint density at radius 1 is 1.03 bits per heavy atom. The van der Waals surface area contributed by atoms with Crippen LogP contribution in [0.15, 0.2) is 48.5 Å². The number of carbonyl (C=O) groups excluding carboxylic acids is 1.